The molecule has 0 spiro atoms. The predicted octanol–water partition coefficient (Wildman–Crippen LogP) is 3.84. The maximum atomic E-state index is 12.4. The van der Waals surface area contributed by atoms with Crippen molar-refractivity contribution >= 4 is 17.5 Å². The van der Waals surface area contributed by atoms with Gasteiger partial charge in [0.15, 0.2) is 0 Å². The van der Waals surface area contributed by atoms with Gasteiger partial charge in [-0.2, -0.15) is 0 Å². The van der Waals surface area contributed by atoms with Gasteiger partial charge in [-0.15, -0.1) is 0 Å². The van der Waals surface area contributed by atoms with Crippen LogP contribution in [0.3, 0.4) is 0 Å². The van der Waals surface area contributed by atoms with Gasteiger partial charge in [-0.1, -0.05) is 48.0 Å². The molecule has 0 saturated carbocycles. The van der Waals surface area contributed by atoms with Gasteiger partial charge >= 0.3 is 0 Å². The minimum atomic E-state index is 0.221. The number of hydrogen-bond donors (Lipinski definition) is 0. The molecule has 26 heavy (non-hydrogen) atoms. The monoisotopic (exact) mass is 372 g/mol. The number of rotatable bonds is 7. The highest BCUT2D eigenvalue weighted by Crippen LogP contribution is 2.18. The molecule has 1 fully saturated rings. The van der Waals surface area contributed by atoms with Crippen LogP contribution in [0, 0.1) is 0 Å². The summed E-state index contributed by atoms with van der Waals surface area (Å²) in [4.78, 5) is 16.7. The molecule has 0 aromatic heterocycles. The molecule has 0 bridgehead atoms. The normalized spacial score (nSPS) is 15.0. The first-order valence-electron chi connectivity index (χ1n) is 9.14. The fourth-order valence-corrected chi connectivity index (χ4v) is 3.31. The molecule has 4 nitrogen and oxygen atoms in total. The molecule has 3 rings (SSSR count). The predicted molar refractivity (Wildman–Crippen MR) is 104 cm³/mol. The fraction of sp³-hybridized carbons (Fsp3) is 0.381. The Morgan fingerprint density at radius 3 is 2.38 bits per heavy atom. The van der Waals surface area contributed by atoms with E-state index >= 15 is 0 Å². The molecule has 1 aliphatic rings. The van der Waals surface area contributed by atoms with Crippen molar-refractivity contribution < 1.29 is 9.53 Å². The average Bonchev–Trinajstić information content (AvgIpc) is 2.68. The first-order chi connectivity index (χ1) is 12.7. The maximum absolute atomic E-state index is 12.4. The van der Waals surface area contributed by atoms with Crippen LogP contribution in [0.25, 0.3) is 0 Å². The van der Waals surface area contributed by atoms with Crippen molar-refractivity contribution in [2.24, 2.45) is 0 Å². The molecule has 0 unspecified atom stereocenters. The van der Waals surface area contributed by atoms with Crippen LogP contribution in [0.5, 0.6) is 5.75 Å². The lowest BCUT2D eigenvalue weighted by Gasteiger charge is -2.35. The van der Waals surface area contributed by atoms with Gasteiger partial charge in [-0.05, 0) is 30.2 Å². The third kappa shape index (κ3) is 5.48. The SMILES string of the molecule is O=C(CCCOc1ccccc1)N1CCN(Cc2ccccc2Cl)CC1. The fourth-order valence-electron chi connectivity index (χ4n) is 3.11. The van der Waals surface area contributed by atoms with Gasteiger partial charge in [0.1, 0.15) is 5.75 Å². The highest BCUT2D eigenvalue weighted by atomic mass is 35.5. The Morgan fingerprint density at radius 1 is 0.962 bits per heavy atom. The average molecular weight is 373 g/mol. The van der Waals surface area contributed by atoms with E-state index in [0.29, 0.717) is 13.0 Å². The number of carbonyl (C=O) groups is 1. The number of ether oxygens (including phenoxy) is 1. The Labute approximate surface area is 160 Å². The Hall–Kier alpha value is -2.04. The molecule has 0 radical (unpaired) electrons. The number of piperazine rings is 1. The van der Waals surface area contributed by atoms with Crippen LogP contribution in [-0.4, -0.2) is 48.5 Å². The molecule has 2 aromatic carbocycles. The molecular formula is C21H25ClN2O2. The second-order valence-electron chi connectivity index (χ2n) is 6.51. The van der Waals surface area contributed by atoms with E-state index in [2.05, 4.69) is 11.0 Å². The minimum Gasteiger partial charge on any atom is -0.494 e. The van der Waals surface area contributed by atoms with Crippen molar-refractivity contribution in [3.63, 3.8) is 0 Å². The summed E-state index contributed by atoms with van der Waals surface area (Å²) in [5.74, 6) is 1.08. The molecular weight excluding hydrogens is 348 g/mol. The zero-order valence-corrected chi connectivity index (χ0v) is 15.7. The second-order valence-corrected chi connectivity index (χ2v) is 6.92. The molecule has 138 valence electrons. The van der Waals surface area contributed by atoms with Crippen molar-refractivity contribution in [2.45, 2.75) is 19.4 Å². The quantitative estimate of drug-likeness (QED) is 0.692. The minimum absolute atomic E-state index is 0.221. The maximum Gasteiger partial charge on any atom is 0.222 e. The third-order valence-corrected chi connectivity index (χ3v) is 4.99. The smallest absolute Gasteiger partial charge is 0.222 e. The second kappa shape index (κ2) is 9.60. The zero-order valence-electron chi connectivity index (χ0n) is 14.9. The van der Waals surface area contributed by atoms with Crippen LogP contribution in [0.15, 0.2) is 54.6 Å². The summed E-state index contributed by atoms with van der Waals surface area (Å²) >= 11 is 6.23. The largest absolute Gasteiger partial charge is 0.494 e. The Bertz CT molecular complexity index is 700. The van der Waals surface area contributed by atoms with E-state index in [1.54, 1.807) is 0 Å². The molecule has 5 heteroatoms. The molecule has 1 heterocycles. The van der Waals surface area contributed by atoms with Crippen LogP contribution in [0.2, 0.25) is 5.02 Å². The lowest BCUT2D eigenvalue weighted by Crippen LogP contribution is -2.48. The van der Waals surface area contributed by atoms with Gasteiger partial charge in [0.2, 0.25) is 5.91 Å². The van der Waals surface area contributed by atoms with Crippen LogP contribution in [0.1, 0.15) is 18.4 Å². The van der Waals surface area contributed by atoms with E-state index in [1.807, 2.05) is 53.4 Å². The molecule has 1 amide bonds. The first kappa shape index (κ1) is 18.7. The molecule has 0 aliphatic carbocycles. The first-order valence-corrected chi connectivity index (χ1v) is 9.51. The summed E-state index contributed by atoms with van der Waals surface area (Å²) in [5.41, 5.74) is 1.15. The number of para-hydroxylation sites is 1. The van der Waals surface area contributed by atoms with Crippen LogP contribution in [0.4, 0.5) is 0 Å². The molecule has 2 aromatic rings. The number of halogens is 1. The van der Waals surface area contributed by atoms with E-state index < -0.39 is 0 Å². The van der Waals surface area contributed by atoms with Crippen molar-refractivity contribution in [3.05, 3.63) is 65.2 Å². The Kier molecular flexibility index (Phi) is 6.92. The molecule has 1 saturated heterocycles. The molecule has 0 N–H and O–H groups in total. The van der Waals surface area contributed by atoms with Crippen molar-refractivity contribution in [1.82, 2.24) is 9.80 Å². The zero-order chi connectivity index (χ0) is 18.2. The summed E-state index contributed by atoms with van der Waals surface area (Å²) in [6.45, 7) is 4.75. The van der Waals surface area contributed by atoms with Crippen LogP contribution >= 0.6 is 11.6 Å². The van der Waals surface area contributed by atoms with Crippen LogP contribution in [-0.2, 0) is 11.3 Å². The molecule has 1 aliphatic heterocycles. The van der Waals surface area contributed by atoms with E-state index in [4.69, 9.17) is 16.3 Å². The van der Waals surface area contributed by atoms with E-state index in [0.717, 1.165) is 55.5 Å². The number of benzene rings is 2. The lowest BCUT2D eigenvalue weighted by atomic mass is 10.2. The van der Waals surface area contributed by atoms with Crippen molar-refractivity contribution in [2.75, 3.05) is 32.8 Å². The molecule has 0 atom stereocenters. The topological polar surface area (TPSA) is 32.8 Å². The van der Waals surface area contributed by atoms with Gasteiger partial charge < -0.3 is 9.64 Å². The summed E-state index contributed by atoms with van der Waals surface area (Å²) in [5, 5.41) is 0.810. The van der Waals surface area contributed by atoms with Crippen molar-refractivity contribution in [1.29, 1.82) is 0 Å². The van der Waals surface area contributed by atoms with E-state index in [9.17, 15) is 4.79 Å². The third-order valence-electron chi connectivity index (χ3n) is 4.62. The van der Waals surface area contributed by atoms with Crippen LogP contribution < -0.4 is 4.74 Å². The lowest BCUT2D eigenvalue weighted by molar-refractivity contribution is -0.133. The van der Waals surface area contributed by atoms with Gasteiger partial charge in [0.05, 0.1) is 6.61 Å². The Balaban J connectivity index is 1.35. The van der Waals surface area contributed by atoms with Gasteiger partial charge in [-0.25, -0.2) is 0 Å². The number of nitrogens with zero attached hydrogens (tertiary/aromatic N) is 2. The summed E-state index contributed by atoms with van der Waals surface area (Å²) in [6, 6.07) is 17.7. The standard InChI is InChI=1S/C21H25ClN2O2/c22-20-10-5-4-7-18(20)17-23-12-14-24(15-13-23)21(25)11-6-16-26-19-8-2-1-3-9-19/h1-5,7-10H,6,11-17H2. The van der Waals surface area contributed by atoms with Gasteiger partial charge in [0.25, 0.3) is 0 Å². The van der Waals surface area contributed by atoms with E-state index in [-0.39, 0.29) is 5.91 Å². The number of amides is 1. The number of carbonyl (C=O) groups excluding carboxylic acids is 1. The highest BCUT2D eigenvalue weighted by molar-refractivity contribution is 6.31. The Morgan fingerprint density at radius 2 is 1.65 bits per heavy atom. The van der Waals surface area contributed by atoms with Gasteiger partial charge in [0, 0.05) is 44.2 Å². The summed E-state index contributed by atoms with van der Waals surface area (Å²) < 4.78 is 5.65. The highest BCUT2D eigenvalue weighted by Gasteiger charge is 2.21. The summed E-state index contributed by atoms with van der Waals surface area (Å²) in [7, 11) is 0. The van der Waals surface area contributed by atoms with Gasteiger partial charge in [-0.3, -0.25) is 9.69 Å². The number of hydrogen-bond acceptors (Lipinski definition) is 3. The van der Waals surface area contributed by atoms with E-state index in [1.165, 1.54) is 0 Å². The summed E-state index contributed by atoms with van der Waals surface area (Å²) in [6.07, 6.45) is 1.28. The van der Waals surface area contributed by atoms with Crippen molar-refractivity contribution in [3.8, 4) is 5.75 Å².